The van der Waals surface area contributed by atoms with Crippen molar-refractivity contribution in [3.05, 3.63) is 53.1 Å². The molecule has 4 nitrogen and oxygen atoms in total. The molecule has 0 bridgehead atoms. The molecule has 3 aromatic rings. The lowest BCUT2D eigenvalue weighted by Gasteiger charge is -2.10. The minimum atomic E-state index is -0.240. The molecule has 0 aliphatic rings. The largest absolute Gasteiger partial charge is 0.484 e. The molecule has 0 fully saturated rings. The van der Waals surface area contributed by atoms with Crippen molar-refractivity contribution in [1.29, 1.82) is 0 Å². The quantitative estimate of drug-likeness (QED) is 0.621. The van der Waals surface area contributed by atoms with Gasteiger partial charge in [-0.25, -0.2) is 4.98 Å². The maximum atomic E-state index is 12.1. The van der Waals surface area contributed by atoms with Crippen molar-refractivity contribution in [3.63, 3.8) is 0 Å². The molecular formula is C19H19ClN2O2S. The first-order chi connectivity index (χ1) is 12.0. The van der Waals surface area contributed by atoms with Gasteiger partial charge in [0.05, 0.1) is 10.2 Å². The molecule has 1 N–H and O–H groups in total. The van der Waals surface area contributed by atoms with E-state index in [-0.39, 0.29) is 12.5 Å². The number of hydrogen-bond donors (Lipinski definition) is 1. The van der Waals surface area contributed by atoms with Gasteiger partial charge in [0.2, 0.25) is 0 Å². The number of halogens is 1. The molecule has 0 radical (unpaired) electrons. The third kappa shape index (κ3) is 4.50. The van der Waals surface area contributed by atoms with Crippen LogP contribution in [0.3, 0.4) is 0 Å². The van der Waals surface area contributed by atoms with Crippen molar-refractivity contribution in [2.24, 2.45) is 0 Å². The van der Waals surface area contributed by atoms with Gasteiger partial charge in [0.25, 0.3) is 5.91 Å². The Labute approximate surface area is 155 Å². The normalized spacial score (nSPS) is 12.1. The second-order valence-electron chi connectivity index (χ2n) is 5.85. The molecule has 0 aliphatic carbocycles. The van der Waals surface area contributed by atoms with Gasteiger partial charge in [-0.3, -0.25) is 10.1 Å². The lowest BCUT2D eigenvalue weighted by atomic mass is 9.99. The van der Waals surface area contributed by atoms with Crippen LogP contribution in [-0.4, -0.2) is 17.5 Å². The summed E-state index contributed by atoms with van der Waals surface area (Å²) < 4.78 is 6.48. The summed E-state index contributed by atoms with van der Waals surface area (Å²) in [6.07, 6.45) is 1.09. The van der Waals surface area contributed by atoms with Gasteiger partial charge in [-0.05, 0) is 48.2 Å². The Bertz CT molecular complexity index is 877. The summed E-state index contributed by atoms with van der Waals surface area (Å²) in [5.41, 5.74) is 2.08. The average molecular weight is 375 g/mol. The van der Waals surface area contributed by atoms with Crippen LogP contribution in [-0.2, 0) is 4.79 Å². The Morgan fingerprint density at radius 3 is 2.76 bits per heavy atom. The predicted molar refractivity (Wildman–Crippen MR) is 104 cm³/mol. The van der Waals surface area contributed by atoms with E-state index in [2.05, 4.69) is 24.1 Å². The van der Waals surface area contributed by atoms with E-state index in [0.29, 0.717) is 21.8 Å². The maximum absolute atomic E-state index is 12.1. The molecule has 3 rings (SSSR count). The summed E-state index contributed by atoms with van der Waals surface area (Å²) >= 11 is 7.35. The third-order valence-electron chi connectivity index (χ3n) is 4.03. The van der Waals surface area contributed by atoms with Crippen LogP contribution in [0, 0.1) is 0 Å². The Balaban J connectivity index is 1.56. The number of fused-ring (bicyclic) bond motifs is 1. The lowest BCUT2D eigenvalue weighted by Crippen LogP contribution is -2.20. The molecule has 25 heavy (non-hydrogen) atoms. The maximum Gasteiger partial charge on any atom is 0.264 e. The molecule has 0 saturated carbocycles. The number of carbonyl (C=O) groups is 1. The van der Waals surface area contributed by atoms with Crippen LogP contribution in [0.5, 0.6) is 5.75 Å². The third-order valence-corrected chi connectivity index (χ3v) is 5.20. The van der Waals surface area contributed by atoms with Crippen LogP contribution >= 0.6 is 22.9 Å². The van der Waals surface area contributed by atoms with E-state index in [1.54, 1.807) is 6.07 Å². The number of thiazole rings is 1. The van der Waals surface area contributed by atoms with Crippen LogP contribution in [0.2, 0.25) is 5.02 Å². The Morgan fingerprint density at radius 1 is 1.28 bits per heavy atom. The fourth-order valence-corrected chi connectivity index (χ4v) is 3.54. The standard InChI is InChI=1S/C19H19ClN2O2S/c1-3-12(2)13-4-7-15(8-5-13)24-11-18(23)22-19-21-16-9-6-14(20)10-17(16)25-19/h4-10,12H,3,11H2,1-2H3,(H,21,22,23). The molecule has 1 amide bonds. The van der Waals surface area contributed by atoms with E-state index in [9.17, 15) is 4.79 Å². The summed E-state index contributed by atoms with van der Waals surface area (Å²) in [6, 6.07) is 13.3. The van der Waals surface area contributed by atoms with Crippen molar-refractivity contribution < 1.29 is 9.53 Å². The van der Waals surface area contributed by atoms with E-state index in [1.807, 2.05) is 36.4 Å². The van der Waals surface area contributed by atoms with Gasteiger partial charge in [0.1, 0.15) is 5.75 Å². The van der Waals surface area contributed by atoms with Crippen molar-refractivity contribution in [3.8, 4) is 5.75 Å². The molecule has 0 aliphatic heterocycles. The fraction of sp³-hybridized carbons (Fsp3) is 0.263. The first-order valence-electron chi connectivity index (χ1n) is 8.14. The number of amides is 1. The molecule has 0 spiro atoms. The summed E-state index contributed by atoms with van der Waals surface area (Å²) in [5, 5.41) is 3.95. The minimum absolute atomic E-state index is 0.0562. The molecule has 0 saturated heterocycles. The molecule has 130 valence electrons. The summed E-state index contributed by atoms with van der Waals surface area (Å²) in [4.78, 5) is 16.4. The summed E-state index contributed by atoms with van der Waals surface area (Å²) in [6.45, 7) is 4.29. The number of ether oxygens (including phenoxy) is 1. The highest BCUT2D eigenvalue weighted by atomic mass is 35.5. The van der Waals surface area contributed by atoms with Gasteiger partial charge in [0, 0.05) is 5.02 Å². The molecule has 1 aromatic heterocycles. The van der Waals surface area contributed by atoms with Gasteiger partial charge < -0.3 is 4.74 Å². The van der Waals surface area contributed by atoms with Crippen LogP contribution in [0.25, 0.3) is 10.2 Å². The smallest absolute Gasteiger partial charge is 0.264 e. The second-order valence-corrected chi connectivity index (χ2v) is 7.31. The molecule has 1 heterocycles. The number of rotatable bonds is 6. The van der Waals surface area contributed by atoms with E-state index in [4.69, 9.17) is 16.3 Å². The second kappa shape index (κ2) is 7.85. The molecule has 6 heteroatoms. The highest BCUT2D eigenvalue weighted by molar-refractivity contribution is 7.22. The zero-order chi connectivity index (χ0) is 17.8. The number of nitrogens with one attached hydrogen (secondary N) is 1. The van der Waals surface area contributed by atoms with E-state index < -0.39 is 0 Å². The number of carbonyl (C=O) groups excluding carboxylic acids is 1. The molecule has 1 atom stereocenters. The minimum Gasteiger partial charge on any atom is -0.484 e. The van der Waals surface area contributed by atoms with Gasteiger partial charge in [0.15, 0.2) is 11.7 Å². The zero-order valence-electron chi connectivity index (χ0n) is 14.1. The van der Waals surface area contributed by atoms with Crippen molar-refractivity contribution in [2.45, 2.75) is 26.2 Å². The first-order valence-corrected chi connectivity index (χ1v) is 9.33. The Hall–Kier alpha value is -2.11. The van der Waals surface area contributed by atoms with Crippen LogP contribution < -0.4 is 10.1 Å². The van der Waals surface area contributed by atoms with Gasteiger partial charge >= 0.3 is 0 Å². The van der Waals surface area contributed by atoms with Crippen molar-refractivity contribution in [2.75, 3.05) is 11.9 Å². The summed E-state index contributed by atoms with van der Waals surface area (Å²) in [7, 11) is 0. The number of aromatic nitrogens is 1. The topological polar surface area (TPSA) is 51.2 Å². The average Bonchev–Trinajstić information content (AvgIpc) is 3.01. The van der Waals surface area contributed by atoms with Gasteiger partial charge in [-0.2, -0.15) is 0 Å². The lowest BCUT2D eigenvalue weighted by molar-refractivity contribution is -0.118. The zero-order valence-corrected chi connectivity index (χ0v) is 15.7. The van der Waals surface area contributed by atoms with Crippen LogP contribution in [0.4, 0.5) is 5.13 Å². The van der Waals surface area contributed by atoms with E-state index >= 15 is 0 Å². The summed E-state index contributed by atoms with van der Waals surface area (Å²) in [5.74, 6) is 0.958. The van der Waals surface area contributed by atoms with E-state index in [0.717, 1.165) is 16.6 Å². The van der Waals surface area contributed by atoms with Crippen molar-refractivity contribution in [1.82, 2.24) is 4.98 Å². The van der Waals surface area contributed by atoms with Crippen LogP contribution in [0.15, 0.2) is 42.5 Å². The number of benzene rings is 2. The monoisotopic (exact) mass is 374 g/mol. The molecule has 2 aromatic carbocycles. The van der Waals surface area contributed by atoms with Crippen molar-refractivity contribution >= 4 is 44.2 Å². The predicted octanol–water partition coefficient (Wildman–Crippen LogP) is 5.48. The highest BCUT2D eigenvalue weighted by Gasteiger charge is 2.09. The fourth-order valence-electron chi connectivity index (χ4n) is 2.38. The number of hydrogen-bond acceptors (Lipinski definition) is 4. The first kappa shape index (κ1) is 17.7. The number of anilines is 1. The van der Waals surface area contributed by atoms with Crippen LogP contribution in [0.1, 0.15) is 31.7 Å². The molecule has 1 unspecified atom stereocenters. The van der Waals surface area contributed by atoms with Gasteiger partial charge in [-0.1, -0.05) is 48.9 Å². The highest BCUT2D eigenvalue weighted by Crippen LogP contribution is 2.28. The Kier molecular flexibility index (Phi) is 5.56. The Morgan fingerprint density at radius 2 is 2.04 bits per heavy atom. The SMILES string of the molecule is CCC(C)c1ccc(OCC(=O)Nc2nc3ccc(Cl)cc3s2)cc1. The molecular weight excluding hydrogens is 356 g/mol. The number of nitrogens with zero attached hydrogens (tertiary/aromatic N) is 1. The van der Waals surface area contributed by atoms with E-state index in [1.165, 1.54) is 16.9 Å². The van der Waals surface area contributed by atoms with Gasteiger partial charge in [-0.15, -0.1) is 0 Å².